The predicted octanol–water partition coefficient (Wildman–Crippen LogP) is 2.29. The molecule has 2 atom stereocenters. The van der Waals surface area contributed by atoms with Crippen LogP contribution in [0.1, 0.15) is 12.8 Å². The number of hydrogen-bond donors (Lipinski definition) is 2. The van der Waals surface area contributed by atoms with Crippen molar-refractivity contribution in [1.29, 1.82) is 0 Å². The van der Waals surface area contributed by atoms with Gasteiger partial charge in [-0.25, -0.2) is 4.39 Å². The van der Waals surface area contributed by atoms with E-state index in [2.05, 4.69) is 10.2 Å². The molecule has 2 aliphatic rings. The van der Waals surface area contributed by atoms with Gasteiger partial charge in [0.15, 0.2) is 0 Å². The van der Waals surface area contributed by atoms with Crippen LogP contribution in [-0.2, 0) is 4.74 Å². The number of ether oxygens (including phenoxy) is 1. The number of hydrogen-bond acceptors (Lipinski definition) is 4. The van der Waals surface area contributed by atoms with Crippen LogP contribution in [0.25, 0.3) is 0 Å². The summed E-state index contributed by atoms with van der Waals surface area (Å²) in [4.78, 5) is 2.49. The fourth-order valence-electron chi connectivity index (χ4n) is 2.95. The van der Waals surface area contributed by atoms with Gasteiger partial charge in [-0.3, -0.25) is 4.90 Å². The number of rotatable bonds is 3. The van der Waals surface area contributed by atoms with Gasteiger partial charge in [-0.1, -0.05) is 0 Å². The monoisotopic (exact) mass is 391 g/mol. The normalized spacial score (nSPS) is 26.5. The molecule has 6 heteroatoms. The molecule has 0 saturated carbocycles. The molecule has 4 nitrogen and oxygen atoms in total. The maximum Gasteiger partial charge on any atom is 0.138 e. The minimum absolute atomic E-state index is 0.145. The molecule has 0 aromatic heterocycles. The van der Waals surface area contributed by atoms with Gasteiger partial charge >= 0.3 is 0 Å². The summed E-state index contributed by atoms with van der Waals surface area (Å²) in [6.07, 6.45) is 2.66. The summed E-state index contributed by atoms with van der Waals surface area (Å²) in [5.41, 5.74) is 7.13. The molecular weight excluding hydrogens is 372 g/mol. The van der Waals surface area contributed by atoms with E-state index in [9.17, 15) is 4.39 Å². The van der Waals surface area contributed by atoms with Crippen LogP contribution in [-0.4, -0.2) is 43.3 Å². The Morgan fingerprint density at radius 3 is 3.20 bits per heavy atom. The summed E-state index contributed by atoms with van der Waals surface area (Å²) in [6.45, 7) is 3.59. The second kappa shape index (κ2) is 6.03. The predicted molar refractivity (Wildman–Crippen MR) is 86.4 cm³/mol. The second-order valence-corrected chi connectivity index (χ2v) is 6.64. The molecule has 1 aromatic carbocycles. The zero-order chi connectivity index (χ0) is 14.1. The maximum atomic E-state index is 13.6. The van der Waals surface area contributed by atoms with Crippen LogP contribution in [0, 0.1) is 9.39 Å². The molecule has 0 bridgehead atoms. The lowest BCUT2D eigenvalue weighted by atomic mass is 10.2. The number of anilines is 2. The number of morpholine rings is 1. The highest BCUT2D eigenvalue weighted by molar-refractivity contribution is 14.1. The van der Waals surface area contributed by atoms with E-state index in [-0.39, 0.29) is 11.9 Å². The molecule has 2 saturated heterocycles. The smallest absolute Gasteiger partial charge is 0.138 e. The van der Waals surface area contributed by atoms with Gasteiger partial charge in [-0.15, -0.1) is 0 Å². The summed E-state index contributed by atoms with van der Waals surface area (Å²) < 4.78 is 20.0. The van der Waals surface area contributed by atoms with Gasteiger partial charge in [0, 0.05) is 25.2 Å². The van der Waals surface area contributed by atoms with Crippen molar-refractivity contribution in [3.8, 4) is 0 Å². The number of nitrogens with one attached hydrogen (secondary N) is 1. The average Bonchev–Trinajstić information content (AvgIpc) is 2.89. The summed E-state index contributed by atoms with van der Waals surface area (Å²) in [7, 11) is 0. The van der Waals surface area contributed by atoms with E-state index in [4.69, 9.17) is 10.5 Å². The Hall–Kier alpha value is -0.600. The van der Waals surface area contributed by atoms with Crippen molar-refractivity contribution in [1.82, 2.24) is 4.90 Å². The molecule has 20 heavy (non-hydrogen) atoms. The topological polar surface area (TPSA) is 50.5 Å². The van der Waals surface area contributed by atoms with Crippen LogP contribution in [0.3, 0.4) is 0 Å². The average molecular weight is 391 g/mol. The summed E-state index contributed by atoms with van der Waals surface area (Å²) in [5, 5.41) is 3.21. The molecule has 0 radical (unpaired) electrons. The van der Waals surface area contributed by atoms with Crippen molar-refractivity contribution in [2.45, 2.75) is 25.0 Å². The van der Waals surface area contributed by atoms with Crippen LogP contribution in [0.5, 0.6) is 0 Å². The molecule has 3 N–H and O–H groups in total. The van der Waals surface area contributed by atoms with E-state index in [1.807, 2.05) is 22.6 Å². The summed E-state index contributed by atoms with van der Waals surface area (Å²) >= 11 is 1.94. The molecule has 2 fully saturated rings. The third-order valence-electron chi connectivity index (χ3n) is 4.07. The quantitative estimate of drug-likeness (QED) is 0.614. The van der Waals surface area contributed by atoms with Crippen LogP contribution in [0.15, 0.2) is 12.1 Å². The second-order valence-electron chi connectivity index (χ2n) is 5.48. The van der Waals surface area contributed by atoms with Crippen molar-refractivity contribution in [2.75, 3.05) is 37.3 Å². The molecule has 2 aliphatic heterocycles. The Morgan fingerprint density at radius 2 is 2.35 bits per heavy atom. The van der Waals surface area contributed by atoms with Crippen molar-refractivity contribution in [3.63, 3.8) is 0 Å². The minimum atomic E-state index is -0.244. The lowest BCUT2D eigenvalue weighted by Gasteiger charge is -2.35. The van der Waals surface area contributed by atoms with E-state index in [1.54, 1.807) is 6.07 Å². The van der Waals surface area contributed by atoms with Gasteiger partial charge in [0.05, 0.1) is 27.7 Å². The van der Waals surface area contributed by atoms with Crippen LogP contribution >= 0.6 is 22.6 Å². The highest BCUT2D eigenvalue weighted by Crippen LogP contribution is 2.26. The van der Waals surface area contributed by atoms with Gasteiger partial charge in [0.2, 0.25) is 0 Å². The first kappa shape index (κ1) is 14.3. The van der Waals surface area contributed by atoms with E-state index >= 15 is 0 Å². The van der Waals surface area contributed by atoms with Crippen molar-refractivity contribution < 1.29 is 9.13 Å². The third-order valence-corrected chi connectivity index (χ3v) is 4.90. The largest absolute Gasteiger partial charge is 0.397 e. The van der Waals surface area contributed by atoms with E-state index in [0.717, 1.165) is 13.2 Å². The number of benzene rings is 1. The van der Waals surface area contributed by atoms with Gasteiger partial charge < -0.3 is 15.8 Å². The van der Waals surface area contributed by atoms with Crippen LogP contribution < -0.4 is 11.1 Å². The molecule has 0 spiro atoms. The zero-order valence-corrected chi connectivity index (χ0v) is 13.4. The van der Waals surface area contributed by atoms with E-state index in [1.165, 1.54) is 25.5 Å². The number of halogens is 2. The van der Waals surface area contributed by atoms with Gasteiger partial charge in [0.1, 0.15) is 5.82 Å². The number of nitrogens with two attached hydrogens (primary N) is 1. The molecule has 3 rings (SSSR count). The third kappa shape index (κ3) is 3.01. The van der Waals surface area contributed by atoms with Crippen LogP contribution in [0.2, 0.25) is 0 Å². The summed E-state index contributed by atoms with van der Waals surface area (Å²) in [6, 6.07) is 3.71. The van der Waals surface area contributed by atoms with Gasteiger partial charge in [-0.05, 0) is 48.0 Å². The van der Waals surface area contributed by atoms with Gasteiger partial charge in [-0.2, -0.15) is 0 Å². The summed E-state index contributed by atoms with van der Waals surface area (Å²) in [5.74, 6) is -0.244. The number of nitrogens with zero attached hydrogens (tertiary/aromatic N) is 1. The van der Waals surface area contributed by atoms with Crippen molar-refractivity contribution >= 4 is 34.0 Å². The number of nitrogen functional groups attached to an aromatic ring is 1. The Morgan fingerprint density at radius 1 is 1.50 bits per heavy atom. The molecule has 0 amide bonds. The van der Waals surface area contributed by atoms with Crippen LogP contribution in [0.4, 0.5) is 15.8 Å². The zero-order valence-electron chi connectivity index (χ0n) is 11.2. The Bertz CT molecular complexity index is 500. The van der Waals surface area contributed by atoms with Gasteiger partial charge in [0.25, 0.3) is 0 Å². The first-order valence-electron chi connectivity index (χ1n) is 6.97. The highest BCUT2D eigenvalue weighted by Gasteiger charge is 2.31. The number of fused-ring (bicyclic) bond motifs is 1. The first-order chi connectivity index (χ1) is 9.63. The lowest BCUT2D eigenvalue weighted by Crippen LogP contribution is -2.48. The SMILES string of the molecule is Nc1cc(I)c(F)cc1NCC1CN2CCCC2CO1. The first-order valence-corrected chi connectivity index (χ1v) is 8.05. The fourth-order valence-corrected chi connectivity index (χ4v) is 3.44. The van der Waals surface area contributed by atoms with Crippen molar-refractivity contribution in [2.24, 2.45) is 0 Å². The fraction of sp³-hybridized carbons (Fsp3) is 0.571. The molecular formula is C14H19FIN3O. The molecule has 1 aromatic rings. The Labute approximate surface area is 132 Å². The highest BCUT2D eigenvalue weighted by atomic mass is 127. The molecule has 110 valence electrons. The molecule has 2 heterocycles. The van der Waals surface area contributed by atoms with Crippen molar-refractivity contribution in [3.05, 3.63) is 21.5 Å². The lowest BCUT2D eigenvalue weighted by molar-refractivity contribution is -0.0415. The Kier molecular flexibility index (Phi) is 4.32. The Balaban J connectivity index is 1.58. The molecule has 0 aliphatic carbocycles. The molecule has 2 unspecified atom stereocenters. The maximum absolute atomic E-state index is 13.6. The standard InChI is InChI=1S/C14H19FIN3O/c15-11-4-14(13(17)5-12(11)16)18-6-10-7-19-3-1-2-9(19)8-20-10/h4-5,9-10,18H,1-3,6-8,17H2. The minimum Gasteiger partial charge on any atom is -0.397 e. The van der Waals surface area contributed by atoms with E-state index in [0.29, 0.717) is 27.5 Å². The van der Waals surface area contributed by atoms with E-state index < -0.39 is 0 Å².